The van der Waals surface area contributed by atoms with E-state index in [1.54, 1.807) is 31.2 Å². The van der Waals surface area contributed by atoms with Crippen LogP contribution < -0.4 is 0 Å². The Labute approximate surface area is 99.9 Å². The summed E-state index contributed by atoms with van der Waals surface area (Å²) in [5, 5.41) is 9.24. The second kappa shape index (κ2) is 5.83. The van der Waals surface area contributed by atoms with E-state index in [1.165, 1.54) is 0 Å². The van der Waals surface area contributed by atoms with Crippen LogP contribution in [0, 0.1) is 19.3 Å². The van der Waals surface area contributed by atoms with E-state index in [0.29, 0.717) is 12.0 Å². The molecule has 4 nitrogen and oxygen atoms in total. The van der Waals surface area contributed by atoms with Crippen LogP contribution in [0.5, 0.6) is 0 Å². The van der Waals surface area contributed by atoms with Gasteiger partial charge in [-0.15, -0.1) is 6.42 Å². The summed E-state index contributed by atoms with van der Waals surface area (Å²) in [5.74, 6) is 1.59. The highest BCUT2D eigenvalue weighted by Gasteiger charge is 2.18. The van der Waals surface area contributed by atoms with Crippen LogP contribution in [0.25, 0.3) is 0 Å². The number of amides is 2. The molecule has 0 bridgehead atoms. The van der Waals surface area contributed by atoms with Crippen LogP contribution in [0.3, 0.4) is 0 Å². The Morgan fingerprint density at radius 1 is 1.59 bits per heavy atom. The lowest BCUT2D eigenvalue weighted by atomic mass is 10.1. The number of hydrogen-bond donors (Lipinski definition) is 1. The van der Waals surface area contributed by atoms with Crippen LogP contribution in [0.2, 0.25) is 0 Å². The number of aliphatic hydroxyl groups is 1. The molecule has 0 aliphatic rings. The van der Waals surface area contributed by atoms with Crippen molar-refractivity contribution in [3.05, 3.63) is 35.4 Å². The number of carbonyl (C=O) groups excluding carboxylic acids is 2. The molecule has 0 radical (unpaired) electrons. The van der Waals surface area contributed by atoms with E-state index < -0.39 is 12.0 Å². The van der Waals surface area contributed by atoms with E-state index in [0.717, 1.165) is 10.5 Å². The van der Waals surface area contributed by atoms with Gasteiger partial charge in [-0.1, -0.05) is 24.1 Å². The Morgan fingerprint density at radius 2 is 2.24 bits per heavy atom. The van der Waals surface area contributed by atoms with Crippen molar-refractivity contribution in [2.45, 2.75) is 13.0 Å². The molecule has 0 aliphatic heterocycles. The third kappa shape index (κ3) is 3.16. The molecule has 88 valence electrons. The van der Waals surface area contributed by atoms with Crippen LogP contribution >= 0.6 is 0 Å². The molecule has 2 amide bonds. The van der Waals surface area contributed by atoms with Crippen LogP contribution in [0.1, 0.15) is 15.9 Å². The van der Waals surface area contributed by atoms with E-state index in [1.807, 2.05) is 0 Å². The number of rotatable bonds is 4. The smallest absolute Gasteiger partial charge is 0.260 e. The molecule has 4 heteroatoms. The molecule has 0 saturated heterocycles. The van der Waals surface area contributed by atoms with Crippen molar-refractivity contribution in [2.75, 3.05) is 6.54 Å². The topological polar surface area (TPSA) is 57.6 Å². The summed E-state index contributed by atoms with van der Waals surface area (Å²) in [4.78, 5) is 23.6. The zero-order valence-electron chi connectivity index (χ0n) is 9.46. The third-order valence-electron chi connectivity index (χ3n) is 2.33. The molecule has 0 aliphatic carbocycles. The molecule has 1 rings (SSSR count). The van der Waals surface area contributed by atoms with Crippen LogP contribution in [0.15, 0.2) is 24.3 Å². The highest BCUT2D eigenvalue weighted by molar-refractivity contribution is 6.00. The average Bonchev–Trinajstić information content (AvgIpc) is 2.35. The molecule has 0 saturated carbocycles. The Kier molecular flexibility index (Phi) is 4.44. The van der Waals surface area contributed by atoms with Gasteiger partial charge in [-0.3, -0.25) is 14.5 Å². The van der Waals surface area contributed by atoms with Crippen molar-refractivity contribution in [2.24, 2.45) is 0 Å². The number of hydrogen-bond acceptors (Lipinski definition) is 3. The van der Waals surface area contributed by atoms with Crippen molar-refractivity contribution >= 4 is 12.3 Å². The van der Waals surface area contributed by atoms with Gasteiger partial charge in [0.15, 0.2) is 0 Å². The maximum absolute atomic E-state index is 12.0. The second-order valence-electron chi connectivity index (χ2n) is 3.56. The minimum Gasteiger partial charge on any atom is -0.378 e. The van der Waals surface area contributed by atoms with E-state index in [4.69, 9.17) is 6.42 Å². The number of nitrogens with zero attached hydrogens (tertiary/aromatic N) is 1. The first-order valence-corrected chi connectivity index (χ1v) is 5.06. The van der Waals surface area contributed by atoms with Gasteiger partial charge in [-0.2, -0.15) is 0 Å². The van der Waals surface area contributed by atoms with Gasteiger partial charge in [0, 0.05) is 5.56 Å². The van der Waals surface area contributed by atoms with Gasteiger partial charge in [-0.05, 0) is 18.6 Å². The van der Waals surface area contributed by atoms with Crippen molar-refractivity contribution in [3.63, 3.8) is 0 Å². The molecule has 1 atom stereocenters. The number of benzene rings is 1. The minimum atomic E-state index is -1.15. The van der Waals surface area contributed by atoms with Gasteiger partial charge in [-0.25, -0.2) is 0 Å². The molecule has 1 aromatic rings. The lowest BCUT2D eigenvalue weighted by molar-refractivity contribution is -0.116. The molecule has 1 aromatic carbocycles. The summed E-state index contributed by atoms with van der Waals surface area (Å²) < 4.78 is 0. The van der Waals surface area contributed by atoms with Crippen molar-refractivity contribution in [1.82, 2.24) is 4.90 Å². The maximum Gasteiger partial charge on any atom is 0.260 e. The summed E-state index contributed by atoms with van der Waals surface area (Å²) in [6.45, 7) is 1.57. The number of carbonyl (C=O) groups is 2. The first-order valence-electron chi connectivity index (χ1n) is 5.06. The quantitative estimate of drug-likeness (QED) is 0.609. The second-order valence-corrected chi connectivity index (χ2v) is 3.56. The maximum atomic E-state index is 12.0. The van der Waals surface area contributed by atoms with Gasteiger partial charge in [0.2, 0.25) is 6.41 Å². The monoisotopic (exact) mass is 231 g/mol. The van der Waals surface area contributed by atoms with Crippen LogP contribution in [-0.4, -0.2) is 35.0 Å². The summed E-state index contributed by atoms with van der Waals surface area (Å²) in [7, 11) is 0. The largest absolute Gasteiger partial charge is 0.378 e. The number of aliphatic hydroxyl groups excluding tert-OH is 1. The average molecular weight is 231 g/mol. The summed E-state index contributed by atoms with van der Waals surface area (Å²) in [6.07, 6.45) is 4.22. The van der Waals surface area contributed by atoms with Crippen LogP contribution in [-0.2, 0) is 4.79 Å². The summed E-state index contributed by atoms with van der Waals surface area (Å²) in [6, 6.07) is 6.90. The zero-order chi connectivity index (χ0) is 12.8. The fourth-order valence-corrected chi connectivity index (χ4v) is 1.38. The molecule has 17 heavy (non-hydrogen) atoms. The molecule has 0 spiro atoms. The van der Waals surface area contributed by atoms with Gasteiger partial charge < -0.3 is 5.11 Å². The lowest BCUT2D eigenvalue weighted by Crippen LogP contribution is -2.36. The van der Waals surface area contributed by atoms with E-state index in [-0.39, 0.29) is 6.54 Å². The van der Waals surface area contributed by atoms with E-state index in [9.17, 15) is 14.7 Å². The Balaban J connectivity index is 2.91. The molecule has 0 heterocycles. The molecule has 1 unspecified atom stereocenters. The van der Waals surface area contributed by atoms with Crippen molar-refractivity contribution in [3.8, 4) is 12.3 Å². The van der Waals surface area contributed by atoms with Gasteiger partial charge in [0.1, 0.15) is 6.10 Å². The Bertz CT molecular complexity index is 462. The first kappa shape index (κ1) is 12.9. The van der Waals surface area contributed by atoms with Gasteiger partial charge >= 0.3 is 0 Å². The highest BCUT2D eigenvalue weighted by Crippen LogP contribution is 2.10. The number of terminal acetylenes is 1. The summed E-state index contributed by atoms with van der Waals surface area (Å²) in [5.41, 5.74) is 1.18. The minimum absolute atomic E-state index is 0.201. The lowest BCUT2D eigenvalue weighted by Gasteiger charge is -2.17. The number of aryl methyl sites for hydroxylation is 1. The standard InChI is InChI=1S/C13H13NO3/c1-3-11(16)8-14(9-15)13(17)12-7-5-4-6-10(12)2/h1,4-7,9,11,16H,8H2,2H3. The fourth-order valence-electron chi connectivity index (χ4n) is 1.38. The normalized spacial score (nSPS) is 11.4. The van der Waals surface area contributed by atoms with Gasteiger partial charge in [0.25, 0.3) is 5.91 Å². The Hall–Kier alpha value is -2.12. The molecule has 1 N–H and O–H groups in total. The molecule has 0 fully saturated rings. The van der Waals surface area contributed by atoms with Gasteiger partial charge in [0.05, 0.1) is 6.54 Å². The highest BCUT2D eigenvalue weighted by atomic mass is 16.3. The van der Waals surface area contributed by atoms with Crippen molar-refractivity contribution in [1.29, 1.82) is 0 Å². The molecular weight excluding hydrogens is 218 g/mol. The Morgan fingerprint density at radius 3 is 2.76 bits per heavy atom. The zero-order valence-corrected chi connectivity index (χ0v) is 9.46. The molecule has 0 aromatic heterocycles. The van der Waals surface area contributed by atoms with E-state index in [2.05, 4.69) is 5.92 Å². The predicted octanol–water partition coefficient (Wildman–Crippen LogP) is 0.588. The van der Waals surface area contributed by atoms with Crippen molar-refractivity contribution < 1.29 is 14.7 Å². The SMILES string of the molecule is C#CC(O)CN(C=O)C(=O)c1ccccc1C. The third-order valence-corrected chi connectivity index (χ3v) is 2.33. The molecular formula is C13H13NO3. The summed E-state index contributed by atoms with van der Waals surface area (Å²) >= 11 is 0. The fraction of sp³-hybridized carbons (Fsp3) is 0.231. The predicted molar refractivity (Wildman–Crippen MR) is 63.1 cm³/mol. The van der Waals surface area contributed by atoms with Crippen LogP contribution in [0.4, 0.5) is 0 Å². The number of imide groups is 1. The first-order chi connectivity index (χ1) is 8.10. The van der Waals surface area contributed by atoms with E-state index >= 15 is 0 Å².